The fourth-order valence-corrected chi connectivity index (χ4v) is 4.13. The normalized spacial score (nSPS) is 35.5. The van der Waals surface area contributed by atoms with Gasteiger partial charge in [-0.05, 0) is 22.9 Å². The summed E-state index contributed by atoms with van der Waals surface area (Å²) in [4.78, 5) is 16.2. The van der Waals surface area contributed by atoms with Gasteiger partial charge in [-0.2, -0.15) is 0 Å². The number of H-pyrrole nitrogens is 1. The summed E-state index contributed by atoms with van der Waals surface area (Å²) in [6, 6.07) is 0. The predicted octanol–water partition coefficient (Wildman–Crippen LogP) is -0.722. The van der Waals surface area contributed by atoms with Crippen molar-refractivity contribution in [2.24, 2.45) is 32.8 Å². The number of hydrogen-bond donors (Lipinski definition) is 6. The first-order valence-electron chi connectivity index (χ1n) is 7.75. The van der Waals surface area contributed by atoms with Crippen LogP contribution in [0.2, 0.25) is 0 Å². The zero-order valence-corrected chi connectivity index (χ0v) is 13.5. The summed E-state index contributed by atoms with van der Waals surface area (Å²) in [7, 11) is 0. The second-order valence-electron chi connectivity index (χ2n) is 6.25. The number of aliphatic hydroxyl groups is 2. The number of imidazole rings is 1. The van der Waals surface area contributed by atoms with Crippen LogP contribution in [0.1, 0.15) is 11.6 Å². The van der Waals surface area contributed by atoms with E-state index in [1.165, 1.54) is 6.20 Å². The van der Waals surface area contributed by atoms with Crippen LogP contribution in [0.15, 0.2) is 21.4 Å². The summed E-state index contributed by atoms with van der Waals surface area (Å²) in [6.07, 6.45) is -1.12. The van der Waals surface area contributed by atoms with Crippen LogP contribution in [0.5, 0.6) is 0 Å². The van der Waals surface area contributed by atoms with Gasteiger partial charge in [0.2, 0.25) is 0 Å². The van der Waals surface area contributed by atoms with Crippen LogP contribution in [0.3, 0.4) is 0 Å². The number of hydrogen-bond acceptors (Lipinski definition) is 9. The average molecular weight is 362 g/mol. The van der Waals surface area contributed by atoms with Gasteiger partial charge in [-0.15, -0.1) is 0 Å². The van der Waals surface area contributed by atoms with Crippen molar-refractivity contribution in [3.05, 3.63) is 32.8 Å². The number of nitrogen functional groups attached to an aromatic ring is 1. The smallest absolute Gasteiger partial charge is 0.197 e. The largest absolute Gasteiger partial charge is 0.390 e. The zero-order chi connectivity index (χ0) is 18.9. The summed E-state index contributed by atoms with van der Waals surface area (Å²) in [6.45, 7) is -0.0850. The van der Waals surface area contributed by atoms with Crippen molar-refractivity contribution in [1.82, 2.24) is 15.3 Å². The number of rotatable bonds is 5. The monoisotopic (exact) mass is 362 g/mol. The molecule has 2 aliphatic rings. The minimum atomic E-state index is -1.41. The quantitative estimate of drug-likeness (QED) is 0.224. The summed E-state index contributed by atoms with van der Waals surface area (Å²) in [5, 5.41) is 31.6. The number of aliphatic hydroxyl groups excluding tert-OH is 2. The van der Waals surface area contributed by atoms with Crippen molar-refractivity contribution < 1.29 is 10.2 Å². The van der Waals surface area contributed by atoms with Crippen molar-refractivity contribution in [3.63, 3.8) is 0 Å². The molecule has 1 aliphatic carbocycles. The van der Waals surface area contributed by atoms with Crippen molar-refractivity contribution in [3.8, 4) is 0 Å². The second kappa shape index (κ2) is 6.61. The van der Waals surface area contributed by atoms with Gasteiger partial charge < -0.3 is 32.0 Å². The topological polar surface area (TPSA) is 243 Å². The Labute approximate surface area is 146 Å². The number of azide groups is 2. The Bertz CT molecular complexity index is 809. The molecule has 0 unspecified atom stereocenters. The minimum absolute atomic E-state index is 0.0151. The van der Waals surface area contributed by atoms with E-state index in [-0.39, 0.29) is 25.0 Å². The van der Waals surface area contributed by atoms with Gasteiger partial charge >= 0.3 is 0 Å². The van der Waals surface area contributed by atoms with Gasteiger partial charge in [-0.1, -0.05) is 10.2 Å². The molecular formula is C12H18N12O2. The van der Waals surface area contributed by atoms with E-state index in [2.05, 4.69) is 40.3 Å². The van der Waals surface area contributed by atoms with E-state index < -0.39 is 35.6 Å². The Morgan fingerprint density at radius 2 is 1.85 bits per heavy atom. The molecular weight excluding hydrogens is 344 g/mol. The molecule has 0 radical (unpaired) electrons. The Balaban J connectivity index is 2.14. The Hall–Kier alpha value is -3.18. The van der Waals surface area contributed by atoms with Gasteiger partial charge in [0.15, 0.2) is 18.1 Å². The molecule has 1 spiro atoms. The van der Waals surface area contributed by atoms with Crippen molar-refractivity contribution in [1.29, 1.82) is 0 Å². The first kappa shape index (κ1) is 17.6. The van der Waals surface area contributed by atoms with E-state index >= 15 is 0 Å². The predicted molar refractivity (Wildman–Crippen MR) is 90.2 cm³/mol. The van der Waals surface area contributed by atoms with Gasteiger partial charge in [0, 0.05) is 34.5 Å². The molecule has 0 bridgehead atoms. The average Bonchev–Trinajstić information content (AvgIpc) is 3.21. The Morgan fingerprint density at radius 1 is 1.19 bits per heavy atom. The number of aromatic amines is 1. The fraction of sp³-hybridized carbons (Fsp3) is 0.667. The molecule has 1 aromatic heterocycles. The molecule has 14 nitrogen and oxygen atoms in total. The lowest BCUT2D eigenvalue weighted by molar-refractivity contribution is -0.0110. The molecule has 2 heterocycles. The summed E-state index contributed by atoms with van der Waals surface area (Å²) >= 11 is 0. The molecule has 3 rings (SSSR count). The SMILES string of the molecule is [N-]=[N+]=NC[C@@H]1[C@@H](CN=[N+]=[N-])[C@H](c2cnc(N)[nH]2)[C@]2(NC(N)=N[C@@H]2O)[C@H]1O. The Morgan fingerprint density at radius 3 is 2.35 bits per heavy atom. The van der Waals surface area contributed by atoms with E-state index in [4.69, 9.17) is 22.5 Å². The number of nitrogens with one attached hydrogen (secondary N) is 2. The highest BCUT2D eigenvalue weighted by Crippen LogP contribution is 2.53. The summed E-state index contributed by atoms with van der Waals surface area (Å²) in [5.41, 5.74) is 27.9. The fourth-order valence-electron chi connectivity index (χ4n) is 4.13. The van der Waals surface area contributed by atoms with Crippen LogP contribution in [0, 0.1) is 11.8 Å². The third-order valence-corrected chi connectivity index (χ3v) is 5.08. The standard InChI is InChI=1S/C12H18N12O2/c13-10-17-3-6(20-10)7-4(1-18-23-15)5(2-19-24-16)8(25)12(7)9(26)21-11(14)22-12/h3-5,7-9,25-26H,1-2H2,(H3,13,17,20)(H3,14,21,22)/t4-,5-,7-,8+,9-,12+/m1/s1. The first-order valence-corrected chi connectivity index (χ1v) is 7.75. The number of nitrogens with zero attached hydrogens (tertiary/aromatic N) is 8. The molecule has 26 heavy (non-hydrogen) atoms. The molecule has 1 fully saturated rings. The third kappa shape index (κ3) is 2.53. The molecule has 0 amide bonds. The van der Waals surface area contributed by atoms with Crippen LogP contribution >= 0.6 is 0 Å². The van der Waals surface area contributed by atoms with E-state index in [0.29, 0.717) is 5.69 Å². The number of aromatic nitrogens is 2. The van der Waals surface area contributed by atoms with Crippen molar-refractivity contribution in [2.45, 2.75) is 23.8 Å². The molecule has 1 aromatic rings. The van der Waals surface area contributed by atoms with Gasteiger partial charge in [0.25, 0.3) is 0 Å². The number of aliphatic imine (C=N–C) groups is 1. The van der Waals surface area contributed by atoms with Crippen LogP contribution in [0.4, 0.5) is 5.95 Å². The minimum Gasteiger partial charge on any atom is -0.390 e. The van der Waals surface area contributed by atoms with Gasteiger partial charge in [-0.3, -0.25) is 0 Å². The van der Waals surface area contributed by atoms with Crippen LogP contribution in [-0.4, -0.2) is 57.1 Å². The maximum absolute atomic E-state index is 11.0. The first-order chi connectivity index (χ1) is 12.5. The highest BCUT2D eigenvalue weighted by Gasteiger charge is 2.66. The Kier molecular flexibility index (Phi) is 4.49. The second-order valence-corrected chi connectivity index (χ2v) is 6.25. The third-order valence-electron chi connectivity index (χ3n) is 5.08. The van der Waals surface area contributed by atoms with Crippen LogP contribution in [0.25, 0.3) is 20.9 Å². The van der Waals surface area contributed by atoms with Crippen molar-refractivity contribution in [2.75, 3.05) is 18.8 Å². The molecule has 6 atom stereocenters. The number of anilines is 1. The molecule has 1 aliphatic heterocycles. The highest BCUT2D eigenvalue weighted by molar-refractivity contribution is 5.81. The van der Waals surface area contributed by atoms with E-state index in [9.17, 15) is 10.2 Å². The molecule has 14 heteroatoms. The van der Waals surface area contributed by atoms with E-state index in [1.807, 2.05) is 0 Å². The van der Waals surface area contributed by atoms with E-state index in [1.54, 1.807) is 0 Å². The molecule has 0 aromatic carbocycles. The van der Waals surface area contributed by atoms with Gasteiger partial charge in [0.1, 0.15) is 5.54 Å². The highest BCUT2D eigenvalue weighted by atomic mass is 16.3. The molecule has 0 saturated heterocycles. The molecule has 138 valence electrons. The van der Waals surface area contributed by atoms with Crippen LogP contribution in [-0.2, 0) is 0 Å². The lowest BCUT2D eigenvalue weighted by Crippen LogP contribution is -2.61. The summed E-state index contributed by atoms with van der Waals surface area (Å²) < 4.78 is 0. The van der Waals surface area contributed by atoms with E-state index in [0.717, 1.165) is 0 Å². The number of nitrogens with two attached hydrogens (primary N) is 2. The maximum atomic E-state index is 11.0. The van der Waals surface area contributed by atoms with Crippen LogP contribution < -0.4 is 16.8 Å². The maximum Gasteiger partial charge on any atom is 0.197 e. The lowest BCUT2D eigenvalue weighted by atomic mass is 9.79. The molecule has 1 saturated carbocycles. The lowest BCUT2D eigenvalue weighted by Gasteiger charge is -2.37. The van der Waals surface area contributed by atoms with Gasteiger partial charge in [0.05, 0.1) is 12.3 Å². The van der Waals surface area contributed by atoms with Gasteiger partial charge in [-0.25, -0.2) is 9.98 Å². The zero-order valence-electron chi connectivity index (χ0n) is 13.5. The summed E-state index contributed by atoms with van der Waals surface area (Å²) in [5.74, 6) is -1.68. The number of guanidine groups is 1. The van der Waals surface area contributed by atoms with Crippen molar-refractivity contribution >= 4 is 11.9 Å². The molecule has 8 N–H and O–H groups in total.